The van der Waals surface area contributed by atoms with Crippen LogP contribution in [0.5, 0.6) is 5.75 Å². The molecular formula is C18H21FN2O2. The van der Waals surface area contributed by atoms with E-state index in [0.29, 0.717) is 11.4 Å². The van der Waals surface area contributed by atoms with E-state index < -0.39 is 0 Å². The van der Waals surface area contributed by atoms with Gasteiger partial charge in [-0.1, -0.05) is 19.1 Å². The number of carbonyl (C=O) groups is 1. The van der Waals surface area contributed by atoms with Crippen LogP contribution in [0.1, 0.15) is 20.3 Å². The predicted molar refractivity (Wildman–Crippen MR) is 90.3 cm³/mol. The summed E-state index contributed by atoms with van der Waals surface area (Å²) in [5.41, 5.74) is 0.974. The third-order valence-electron chi connectivity index (χ3n) is 3.36. The van der Waals surface area contributed by atoms with Crippen molar-refractivity contribution in [1.29, 1.82) is 0 Å². The van der Waals surface area contributed by atoms with Crippen LogP contribution >= 0.6 is 0 Å². The van der Waals surface area contributed by atoms with Gasteiger partial charge in [0.25, 0.3) is 0 Å². The number of ether oxygens (including phenoxy) is 1. The number of hydrogen-bond donors (Lipinski definition) is 2. The molecule has 0 heterocycles. The van der Waals surface area contributed by atoms with Crippen LogP contribution in [0.15, 0.2) is 48.5 Å². The van der Waals surface area contributed by atoms with E-state index in [0.717, 1.165) is 12.2 Å². The number of hydrogen-bond acceptors (Lipinski definition) is 3. The zero-order chi connectivity index (χ0) is 16.7. The lowest BCUT2D eigenvalue weighted by Crippen LogP contribution is -2.22. The van der Waals surface area contributed by atoms with Crippen LogP contribution in [0.4, 0.5) is 15.8 Å². The second kappa shape index (κ2) is 8.17. The maximum Gasteiger partial charge on any atom is 0.243 e. The molecule has 0 aliphatic heterocycles. The molecule has 0 saturated carbocycles. The number of benzene rings is 2. The molecule has 0 aromatic heterocycles. The van der Waals surface area contributed by atoms with E-state index in [1.807, 2.05) is 19.1 Å². The first kappa shape index (κ1) is 16.8. The summed E-state index contributed by atoms with van der Waals surface area (Å²) in [6, 6.07) is 13.4. The first-order chi connectivity index (χ1) is 11.1. The molecule has 4 nitrogen and oxygen atoms in total. The monoisotopic (exact) mass is 316 g/mol. The average molecular weight is 316 g/mol. The molecule has 0 spiro atoms. The van der Waals surface area contributed by atoms with Crippen LogP contribution in [0.3, 0.4) is 0 Å². The number of para-hydroxylation sites is 1. The van der Waals surface area contributed by atoms with Gasteiger partial charge in [-0.3, -0.25) is 4.79 Å². The first-order valence-electron chi connectivity index (χ1n) is 7.63. The molecule has 1 atom stereocenters. The molecule has 2 N–H and O–H groups in total. The Labute approximate surface area is 135 Å². The van der Waals surface area contributed by atoms with E-state index in [-0.39, 0.29) is 24.4 Å². The molecule has 5 heteroatoms. The second-order valence-electron chi connectivity index (χ2n) is 5.24. The van der Waals surface area contributed by atoms with Gasteiger partial charge in [0, 0.05) is 5.69 Å². The summed E-state index contributed by atoms with van der Waals surface area (Å²) < 4.78 is 19.1. The van der Waals surface area contributed by atoms with Crippen molar-refractivity contribution in [3.05, 3.63) is 54.3 Å². The zero-order valence-electron chi connectivity index (χ0n) is 13.3. The summed E-state index contributed by atoms with van der Waals surface area (Å²) in [6.45, 7) is 4.05. The highest BCUT2D eigenvalue weighted by atomic mass is 19.1. The van der Waals surface area contributed by atoms with Crippen LogP contribution in [-0.4, -0.2) is 18.6 Å². The van der Waals surface area contributed by atoms with Crippen molar-refractivity contribution in [3.8, 4) is 5.75 Å². The fraction of sp³-hybridized carbons (Fsp3) is 0.278. The molecule has 0 saturated heterocycles. The molecular weight excluding hydrogens is 295 g/mol. The van der Waals surface area contributed by atoms with Crippen LogP contribution < -0.4 is 15.4 Å². The summed E-state index contributed by atoms with van der Waals surface area (Å²) in [4.78, 5) is 11.9. The highest BCUT2D eigenvalue weighted by molar-refractivity contribution is 5.93. The minimum atomic E-state index is -0.383. The van der Waals surface area contributed by atoms with E-state index in [9.17, 15) is 9.18 Å². The van der Waals surface area contributed by atoms with Crippen LogP contribution in [0.25, 0.3) is 0 Å². The molecule has 122 valence electrons. The average Bonchev–Trinajstić information content (AvgIpc) is 2.56. The van der Waals surface area contributed by atoms with Gasteiger partial charge in [-0.15, -0.1) is 0 Å². The van der Waals surface area contributed by atoms with Gasteiger partial charge in [0.1, 0.15) is 11.6 Å². The molecule has 0 radical (unpaired) electrons. The van der Waals surface area contributed by atoms with Crippen LogP contribution in [0, 0.1) is 5.82 Å². The van der Waals surface area contributed by atoms with E-state index in [1.54, 1.807) is 30.3 Å². The fourth-order valence-electron chi connectivity index (χ4n) is 1.92. The molecule has 1 unspecified atom stereocenters. The standard InChI is InChI=1S/C18H21FN2O2/c1-3-13(2)23-15-10-8-14(9-11-15)21-18(22)12-20-17-7-5-4-6-16(17)19/h4-11,13,20H,3,12H2,1-2H3,(H,21,22). The van der Waals surface area contributed by atoms with Gasteiger partial charge in [0.15, 0.2) is 0 Å². The number of amides is 1. The molecule has 23 heavy (non-hydrogen) atoms. The van der Waals surface area contributed by atoms with E-state index in [1.165, 1.54) is 6.07 Å². The maximum atomic E-state index is 13.4. The molecule has 0 fully saturated rings. The Morgan fingerprint density at radius 1 is 1.17 bits per heavy atom. The lowest BCUT2D eigenvalue weighted by Gasteiger charge is -2.13. The number of rotatable bonds is 7. The van der Waals surface area contributed by atoms with E-state index in [2.05, 4.69) is 17.6 Å². The Balaban J connectivity index is 1.84. The Morgan fingerprint density at radius 3 is 2.52 bits per heavy atom. The lowest BCUT2D eigenvalue weighted by molar-refractivity contribution is -0.114. The van der Waals surface area contributed by atoms with Gasteiger partial charge in [-0.05, 0) is 49.7 Å². The van der Waals surface area contributed by atoms with Crippen molar-refractivity contribution in [2.24, 2.45) is 0 Å². The maximum absolute atomic E-state index is 13.4. The Kier molecular flexibility index (Phi) is 5.97. The highest BCUT2D eigenvalue weighted by Crippen LogP contribution is 2.18. The largest absolute Gasteiger partial charge is 0.491 e. The Bertz CT molecular complexity index is 644. The SMILES string of the molecule is CCC(C)Oc1ccc(NC(=O)CNc2ccccc2F)cc1. The van der Waals surface area contributed by atoms with Crippen LogP contribution in [0.2, 0.25) is 0 Å². The fourth-order valence-corrected chi connectivity index (χ4v) is 1.92. The van der Waals surface area contributed by atoms with Crippen molar-refractivity contribution in [3.63, 3.8) is 0 Å². The third kappa shape index (κ3) is 5.29. The van der Waals surface area contributed by atoms with Gasteiger partial charge in [0.05, 0.1) is 18.3 Å². The van der Waals surface area contributed by atoms with Crippen molar-refractivity contribution < 1.29 is 13.9 Å². The minimum absolute atomic E-state index is 0.00788. The quantitative estimate of drug-likeness (QED) is 0.810. The smallest absolute Gasteiger partial charge is 0.243 e. The lowest BCUT2D eigenvalue weighted by atomic mass is 10.2. The van der Waals surface area contributed by atoms with Gasteiger partial charge in [-0.2, -0.15) is 0 Å². The van der Waals surface area contributed by atoms with Gasteiger partial charge < -0.3 is 15.4 Å². The van der Waals surface area contributed by atoms with E-state index in [4.69, 9.17) is 4.74 Å². The van der Waals surface area contributed by atoms with Crippen molar-refractivity contribution >= 4 is 17.3 Å². The van der Waals surface area contributed by atoms with Gasteiger partial charge >= 0.3 is 0 Å². The van der Waals surface area contributed by atoms with Gasteiger partial charge in [-0.25, -0.2) is 4.39 Å². The number of nitrogens with one attached hydrogen (secondary N) is 2. The topological polar surface area (TPSA) is 50.4 Å². The molecule has 0 aliphatic carbocycles. The first-order valence-corrected chi connectivity index (χ1v) is 7.63. The molecule has 0 bridgehead atoms. The predicted octanol–water partition coefficient (Wildman–Crippen LogP) is 4.05. The molecule has 2 aromatic rings. The molecule has 0 aliphatic rings. The van der Waals surface area contributed by atoms with Crippen molar-refractivity contribution in [2.45, 2.75) is 26.4 Å². The molecule has 1 amide bonds. The number of halogens is 1. The second-order valence-corrected chi connectivity index (χ2v) is 5.24. The summed E-state index contributed by atoms with van der Waals surface area (Å²) in [5, 5.41) is 5.51. The third-order valence-corrected chi connectivity index (χ3v) is 3.36. The van der Waals surface area contributed by atoms with E-state index >= 15 is 0 Å². The van der Waals surface area contributed by atoms with Crippen molar-refractivity contribution in [1.82, 2.24) is 0 Å². The van der Waals surface area contributed by atoms with Crippen molar-refractivity contribution in [2.75, 3.05) is 17.2 Å². The van der Waals surface area contributed by atoms with Crippen LogP contribution in [-0.2, 0) is 4.79 Å². The zero-order valence-corrected chi connectivity index (χ0v) is 13.3. The minimum Gasteiger partial charge on any atom is -0.491 e. The Hall–Kier alpha value is -2.56. The molecule has 2 aromatic carbocycles. The summed E-state index contributed by atoms with van der Waals surface area (Å²) in [5.74, 6) is 0.137. The Morgan fingerprint density at radius 2 is 1.87 bits per heavy atom. The number of carbonyl (C=O) groups excluding carboxylic acids is 1. The summed E-state index contributed by atoms with van der Waals surface area (Å²) in [7, 11) is 0. The summed E-state index contributed by atoms with van der Waals surface area (Å²) >= 11 is 0. The molecule has 2 rings (SSSR count). The highest BCUT2D eigenvalue weighted by Gasteiger charge is 2.06. The van der Waals surface area contributed by atoms with Gasteiger partial charge in [0.2, 0.25) is 5.91 Å². The normalized spacial score (nSPS) is 11.6. The number of anilines is 2. The summed E-state index contributed by atoms with van der Waals surface area (Å²) in [6.07, 6.45) is 1.08.